The van der Waals surface area contributed by atoms with E-state index < -0.39 is 5.24 Å². The van der Waals surface area contributed by atoms with E-state index in [-0.39, 0.29) is 5.91 Å². The molecule has 0 fully saturated rings. The lowest BCUT2D eigenvalue weighted by molar-refractivity contribution is 0.102. The molecule has 1 N–H and O–H groups in total. The molecule has 0 radical (unpaired) electrons. The predicted molar refractivity (Wildman–Crippen MR) is 117 cm³/mol. The highest BCUT2D eigenvalue weighted by Gasteiger charge is 2.06. The summed E-state index contributed by atoms with van der Waals surface area (Å²) in [7, 11) is 0. The van der Waals surface area contributed by atoms with Crippen LogP contribution in [0.4, 0.5) is 5.69 Å². The summed E-state index contributed by atoms with van der Waals surface area (Å²) in [6.07, 6.45) is 0. The van der Waals surface area contributed by atoms with Crippen molar-refractivity contribution >= 4 is 63.2 Å². The van der Waals surface area contributed by atoms with Gasteiger partial charge in [-0.1, -0.05) is 47.5 Å². The molecule has 3 aromatic rings. The van der Waals surface area contributed by atoms with E-state index in [1.165, 1.54) is 6.07 Å². The topological polar surface area (TPSA) is 46.2 Å². The lowest BCUT2D eigenvalue weighted by atomic mass is 10.2. The van der Waals surface area contributed by atoms with E-state index in [4.69, 9.17) is 46.4 Å². The molecule has 0 saturated heterocycles. The standard InChI is InChI=1S/C14H11Cl2NO.C7H4Cl2O/c15-9-10-3-1-6-13(7-10)17-14(18)11-4-2-5-12(16)8-11;8-6-3-1-2-5(4-6)7(9)10/h1-8H,9H2,(H,17,18);1-4H. The maximum Gasteiger partial charge on any atom is 0.255 e. The zero-order valence-corrected chi connectivity index (χ0v) is 17.5. The second-order valence-corrected chi connectivity index (χ2v) is 7.07. The SMILES string of the molecule is O=C(Cl)c1cccc(Cl)c1.O=C(Nc1cccc(CCl)c1)c1cccc(Cl)c1. The van der Waals surface area contributed by atoms with Gasteiger partial charge in [0.15, 0.2) is 0 Å². The predicted octanol–water partition coefficient (Wildman–Crippen LogP) is 7.05. The van der Waals surface area contributed by atoms with Crippen LogP contribution in [0, 0.1) is 0 Å². The third kappa shape index (κ3) is 7.17. The van der Waals surface area contributed by atoms with E-state index in [0.717, 1.165) is 11.3 Å². The van der Waals surface area contributed by atoms with Gasteiger partial charge in [-0.15, -0.1) is 11.6 Å². The lowest BCUT2D eigenvalue weighted by Crippen LogP contribution is -2.11. The van der Waals surface area contributed by atoms with Gasteiger partial charge in [0.2, 0.25) is 0 Å². The zero-order valence-electron chi connectivity index (χ0n) is 14.5. The maximum absolute atomic E-state index is 12.0. The molecular formula is C21H15Cl4NO2. The Morgan fingerprint density at radius 1 is 0.786 bits per heavy atom. The van der Waals surface area contributed by atoms with Crippen LogP contribution >= 0.6 is 46.4 Å². The average molecular weight is 455 g/mol. The van der Waals surface area contributed by atoms with E-state index in [0.29, 0.717) is 27.1 Å². The minimum atomic E-state index is -0.484. The summed E-state index contributed by atoms with van der Waals surface area (Å²) in [5, 5.41) is 3.38. The molecule has 0 heterocycles. The van der Waals surface area contributed by atoms with Gasteiger partial charge in [-0.3, -0.25) is 9.59 Å². The highest BCUT2D eigenvalue weighted by Crippen LogP contribution is 2.16. The molecule has 3 nitrogen and oxygen atoms in total. The summed E-state index contributed by atoms with van der Waals surface area (Å²) >= 11 is 22.3. The lowest BCUT2D eigenvalue weighted by Gasteiger charge is -2.06. The quantitative estimate of drug-likeness (QED) is 0.339. The van der Waals surface area contributed by atoms with Crippen LogP contribution in [0.2, 0.25) is 10.0 Å². The first-order valence-corrected chi connectivity index (χ1v) is 9.73. The molecule has 0 spiro atoms. The number of nitrogens with one attached hydrogen (secondary N) is 1. The van der Waals surface area contributed by atoms with Crippen molar-refractivity contribution in [3.05, 3.63) is 99.5 Å². The Balaban J connectivity index is 0.000000237. The third-order valence-electron chi connectivity index (χ3n) is 3.48. The fraction of sp³-hybridized carbons (Fsp3) is 0.0476. The Morgan fingerprint density at radius 3 is 1.89 bits per heavy atom. The summed E-state index contributed by atoms with van der Waals surface area (Å²) in [4.78, 5) is 22.5. The first-order chi connectivity index (χ1) is 13.4. The zero-order chi connectivity index (χ0) is 20.5. The Labute approximate surface area is 183 Å². The number of hydrogen-bond acceptors (Lipinski definition) is 2. The Kier molecular flexibility index (Phi) is 8.81. The number of rotatable bonds is 4. The fourth-order valence-corrected chi connectivity index (χ4v) is 2.84. The molecule has 0 aliphatic rings. The Morgan fingerprint density at radius 2 is 1.36 bits per heavy atom. The summed E-state index contributed by atoms with van der Waals surface area (Å²) < 4.78 is 0. The van der Waals surface area contributed by atoms with Crippen LogP contribution < -0.4 is 5.32 Å². The van der Waals surface area contributed by atoms with Crippen molar-refractivity contribution in [2.75, 3.05) is 5.32 Å². The number of amides is 1. The van der Waals surface area contributed by atoms with E-state index >= 15 is 0 Å². The Bertz CT molecular complexity index is 976. The van der Waals surface area contributed by atoms with E-state index in [2.05, 4.69) is 5.32 Å². The number of carbonyl (C=O) groups is 2. The molecule has 0 bridgehead atoms. The van der Waals surface area contributed by atoms with Crippen molar-refractivity contribution in [3.8, 4) is 0 Å². The molecule has 3 aromatic carbocycles. The smallest absolute Gasteiger partial charge is 0.255 e. The molecule has 144 valence electrons. The summed E-state index contributed by atoms with van der Waals surface area (Å²) in [6.45, 7) is 0. The van der Waals surface area contributed by atoms with Gasteiger partial charge in [-0.25, -0.2) is 0 Å². The highest BCUT2D eigenvalue weighted by molar-refractivity contribution is 6.67. The van der Waals surface area contributed by atoms with Gasteiger partial charge in [0.05, 0.1) is 0 Å². The van der Waals surface area contributed by atoms with Gasteiger partial charge in [0.1, 0.15) is 0 Å². The van der Waals surface area contributed by atoms with Crippen molar-refractivity contribution in [2.24, 2.45) is 0 Å². The molecule has 7 heteroatoms. The number of hydrogen-bond donors (Lipinski definition) is 1. The second kappa shape index (κ2) is 11.1. The number of alkyl halides is 1. The molecule has 3 rings (SSSR count). The number of halogens is 4. The van der Waals surface area contributed by atoms with E-state index in [1.54, 1.807) is 42.5 Å². The van der Waals surface area contributed by atoms with E-state index in [9.17, 15) is 9.59 Å². The number of carbonyl (C=O) groups excluding carboxylic acids is 2. The summed E-state index contributed by atoms with van der Waals surface area (Å²) in [6, 6.07) is 20.7. The average Bonchev–Trinajstić information content (AvgIpc) is 2.68. The number of anilines is 1. The van der Waals surface area contributed by atoms with Gasteiger partial charge in [-0.05, 0) is 65.7 Å². The second-order valence-electron chi connectivity index (χ2n) is 5.58. The first kappa shape index (κ1) is 22.3. The van der Waals surface area contributed by atoms with Crippen LogP contribution in [0.5, 0.6) is 0 Å². The van der Waals surface area contributed by atoms with Crippen molar-refractivity contribution < 1.29 is 9.59 Å². The van der Waals surface area contributed by atoms with Crippen LogP contribution in [-0.4, -0.2) is 11.1 Å². The van der Waals surface area contributed by atoms with Gasteiger partial charge in [0.25, 0.3) is 11.1 Å². The van der Waals surface area contributed by atoms with Crippen molar-refractivity contribution in [2.45, 2.75) is 5.88 Å². The van der Waals surface area contributed by atoms with Crippen molar-refractivity contribution in [3.63, 3.8) is 0 Å². The minimum Gasteiger partial charge on any atom is -0.322 e. The minimum absolute atomic E-state index is 0.191. The van der Waals surface area contributed by atoms with Crippen LogP contribution in [-0.2, 0) is 5.88 Å². The monoisotopic (exact) mass is 453 g/mol. The highest BCUT2D eigenvalue weighted by atomic mass is 35.5. The molecule has 0 aliphatic heterocycles. The maximum atomic E-state index is 12.0. The van der Waals surface area contributed by atoms with Crippen LogP contribution in [0.25, 0.3) is 0 Å². The largest absolute Gasteiger partial charge is 0.322 e. The fourth-order valence-electron chi connectivity index (χ4n) is 2.18. The van der Waals surface area contributed by atoms with Gasteiger partial charge in [-0.2, -0.15) is 0 Å². The molecule has 0 unspecified atom stereocenters. The van der Waals surface area contributed by atoms with E-state index in [1.807, 2.05) is 24.3 Å². The molecule has 0 atom stereocenters. The van der Waals surface area contributed by atoms with Crippen molar-refractivity contribution in [1.29, 1.82) is 0 Å². The molecule has 28 heavy (non-hydrogen) atoms. The number of benzene rings is 3. The van der Waals surface area contributed by atoms with Gasteiger partial charge < -0.3 is 5.32 Å². The van der Waals surface area contributed by atoms with Gasteiger partial charge in [0, 0.05) is 32.7 Å². The molecular weight excluding hydrogens is 440 g/mol. The van der Waals surface area contributed by atoms with Crippen LogP contribution in [0.1, 0.15) is 26.3 Å². The first-order valence-electron chi connectivity index (χ1n) is 8.06. The van der Waals surface area contributed by atoms with Gasteiger partial charge >= 0.3 is 0 Å². The summed E-state index contributed by atoms with van der Waals surface area (Å²) in [5.41, 5.74) is 2.63. The molecule has 1 amide bonds. The molecule has 0 aliphatic carbocycles. The normalized spacial score (nSPS) is 9.86. The van der Waals surface area contributed by atoms with Crippen LogP contribution in [0.3, 0.4) is 0 Å². The molecule has 0 aromatic heterocycles. The Hall–Kier alpha value is -2.04. The third-order valence-corrected chi connectivity index (χ3v) is 4.47. The van der Waals surface area contributed by atoms with Crippen LogP contribution in [0.15, 0.2) is 72.8 Å². The molecule has 0 saturated carbocycles. The summed E-state index contributed by atoms with van der Waals surface area (Å²) in [5.74, 6) is 0.227. The van der Waals surface area contributed by atoms with Crippen molar-refractivity contribution in [1.82, 2.24) is 0 Å².